The first kappa shape index (κ1) is 11.2. The summed E-state index contributed by atoms with van der Waals surface area (Å²) in [4.78, 5) is 11.8. The van der Waals surface area contributed by atoms with E-state index in [4.69, 9.17) is 4.42 Å². The molecule has 0 radical (unpaired) electrons. The van der Waals surface area contributed by atoms with Gasteiger partial charge in [-0.2, -0.15) is 0 Å². The first-order chi connectivity index (χ1) is 7.75. The van der Waals surface area contributed by atoms with Crippen molar-refractivity contribution >= 4 is 5.91 Å². The predicted octanol–water partition coefficient (Wildman–Crippen LogP) is 1.35. The minimum absolute atomic E-state index is 0.0233. The van der Waals surface area contributed by atoms with Crippen LogP contribution in [-0.4, -0.2) is 18.5 Å². The minimum atomic E-state index is -0.0233. The number of nitrogens with one attached hydrogen (secondary N) is 2. The van der Waals surface area contributed by atoms with Crippen LogP contribution in [0.3, 0.4) is 0 Å². The molecule has 0 aromatic carbocycles. The molecule has 0 unspecified atom stereocenters. The number of hydrogen-bond acceptors (Lipinski definition) is 3. The number of carbonyl (C=O) groups excluding carboxylic acids is 1. The van der Waals surface area contributed by atoms with Crippen molar-refractivity contribution in [1.82, 2.24) is 10.6 Å². The van der Waals surface area contributed by atoms with Crippen LogP contribution in [0.25, 0.3) is 0 Å². The van der Waals surface area contributed by atoms with Gasteiger partial charge in [-0.25, -0.2) is 0 Å². The van der Waals surface area contributed by atoms with Crippen LogP contribution in [0, 0.1) is 6.92 Å². The molecule has 16 heavy (non-hydrogen) atoms. The number of furan rings is 1. The van der Waals surface area contributed by atoms with Gasteiger partial charge in [-0.05, 0) is 38.4 Å². The molecule has 1 aromatic heterocycles. The second-order valence-corrected chi connectivity index (χ2v) is 4.23. The molecule has 0 spiro atoms. The van der Waals surface area contributed by atoms with E-state index in [1.165, 1.54) is 6.42 Å². The third kappa shape index (κ3) is 2.85. The van der Waals surface area contributed by atoms with Gasteiger partial charge in [0.25, 0.3) is 0 Å². The summed E-state index contributed by atoms with van der Waals surface area (Å²) in [5.74, 6) is 1.76. The van der Waals surface area contributed by atoms with E-state index in [0.29, 0.717) is 6.54 Å². The number of amides is 1. The fourth-order valence-electron chi connectivity index (χ4n) is 1.95. The van der Waals surface area contributed by atoms with Gasteiger partial charge in [-0.1, -0.05) is 6.42 Å². The van der Waals surface area contributed by atoms with E-state index in [1.54, 1.807) is 0 Å². The van der Waals surface area contributed by atoms with E-state index in [-0.39, 0.29) is 11.9 Å². The zero-order valence-corrected chi connectivity index (χ0v) is 9.58. The summed E-state index contributed by atoms with van der Waals surface area (Å²) < 4.78 is 5.39. The zero-order chi connectivity index (χ0) is 11.4. The lowest BCUT2D eigenvalue weighted by molar-refractivity contribution is -0.123. The van der Waals surface area contributed by atoms with E-state index in [1.807, 2.05) is 19.1 Å². The largest absolute Gasteiger partial charge is 0.465 e. The molecular formula is C12H18N2O2. The number of aryl methyl sites for hydroxylation is 1. The Morgan fingerprint density at radius 2 is 2.44 bits per heavy atom. The van der Waals surface area contributed by atoms with Crippen molar-refractivity contribution in [3.8, 4) is 0 Å². The van der Waals surface area contributed by atoms with Crippen LogP contribution in [0.5, 0.6) is 0 Å². The third-order valence-corrected chi connectivity index (χ3v) is 2.86. The quantitative estimate of drug-likeness (QED) is 0.811. The van der Waals surface area contributed by atoms with Crippen molar-refractivity contribution in [2.75, 3.05) is 6.54 Å². The molecule has 0 aliphatic carbocycles. The molecule has 1 aromatic rings. The maximum absolute atomic E-state index is 11.8. The Bertz CT molecular complexity index is 354. The van der Waals surface area contributed by atoms with Crippen LogP contribution < -0.4 is 10.6 Å². The summed E-state index contributed by atoms with van der Waals surface area (Å²) in [5, 5.41) is 6.10. The molecule has 2 rings (SSSR count). The van der Waals surface area contributed by atoms with Crippen LogP contribution in [-0.2, 0) is 11.3 Å². The molecule has 0 saturated carbocycles. The van der Waals surface area contributed by atoms with E-state index in [9.17, 15) is 4.79 Å². The van der Waals surface area contributed by atoms with Crippen molar-refractivity contribution in [1.29, 1.82) is 0 Å². The van der Waals surface area contributed by atoms with Crippen molar-refractivity contribution in [2.45, 2.75) is 38.8 Å². The molecule has 1 saturated heterocycles. The van der Waals surface area contributed by atoms with Crippen LogP contribution in [0.4, 0.5) is 0 Å². The Morgan fingerprint density at radius 3 is 3.06 bits per heavy atom. The smallest absolute Gasteiger partial charge is 0.237 e. The van der Waals surface area contributed by atoms with Gasteiger partial charge in [0.15, 0.2) is 0 Å². The van der Waals surface area contributed by atoms with Gasteiger partial charge in [0, 0.05) is 0 Å². The summed E-state index contributed by atoms with van der Waals surface area (Å²) in [6.07, 6.45) is 3.23. The topological polar surface area (TPSA) is 54.3 Å². The lowest BCUT2D eigenvalue weighted by Gasteiger charge is -2.22. The summed E-state index contributed by atoms with van der Waals surface area (Å²) in [6.45, 7) is 3.32. The molecule has 2 N–H and O–H groups in total. The Morgan fingerprint density at radius 1 is 1.56 bits per heavy atom. The molecule has 1 aliphatic heterocycles. The highest BCUT2D eigenvalue weighted by Crippen LogP contribution is 2.08. The van der Waals surface area contributed by atoms with Gasteiger partial charge in [-0.15, -0.1) is 0 Å². The molecule has 1 fully saturated rings. The minimum Gasteiger partial charge on any atom is -0.465 e. The Kier molecular flexibility index (Phi) is 3.62. The average Bonchev–Trinajstić information content (AvgIpc) is 2.73. The summed E-state index contributed by atoms with van der Waals surface area (Å²) in [6, 6.07) is 3.77. The first-order valence-corrected chi connectivity index (χ1v) is 5.82. The molecule has 1 aliphatic rings. The number of piperidine rings is 1. The molecule has 1 atom stereocenters. The highest BCUT2D eigenvalue weighted by atomic mass is 16.3. The standard InChI is InChI=1S/C12H18N2O2/c1-9-5-6-10(16-9)8-14-12(15)11-4-2-3-7-13-11/h5-6,11,13H,2-4,7-8H2,1H3,(H,14,15)/t11-/m0/s1. The highest BCUT2D eigenvalue weighted by Gasteiger charge is 2.20. The van der Waals surface area contributed by atoms with Gasteiger partial charge in [0.05, 0.1) is 12.6 Å². The Labute approximate surface area is 95.4 Å². The SMILES string of the molecule is Cc1ccc(CNC(=O)[C@@H]2CCCCN2)o1. The summed E-state index contributed by atoms with van der Waals surface area (Å²) >= 11 is 0. The molecule has 1 amide bonds. The fraction of sp³-hybridized carbons (Fsp3) is 0.583. The van der Waals surface area contributed by atoms with Gasteiger partial charge < -0.3 is 15.1 Å². The van der Waals surface area contributed by atoms with Crippen molar-refractivity contribution in [3.05, 3.63) is 23.7 Å². The van der Waals surface area contributed by atoms with Crippen LogP contribution in [0.15, 0.2) is 16.5 Å². The normalized spacial score (nSPS) is 20.7. The van der Waals surface area contributed by atoms with Gasteiger partial charge in [0.1, 0.15) is 11.5 Å². The number of rotatable bonds is 3. The first-order valence-electron chi connectivity index (χ1n) is 5.82. The molecular weight excluding hydrogens is 204 g/mol. The lowest BCUT2D eigenvalue weighted by Crippen LogP contribution is -2.46. The fourth-order valence-corrected chi connectivity index (χ4v) is 1.95. The Balaban J connectivity index is 1.78. The molecule has 4 heteroatoms. The maximum Gasteiger partial charge on any atom is 0.237 e. The van der Waals surface area contributed by atoms with Crippen molar-refractivity contribution in [2.24, 2.45) is 0 Å². The lowest BCUT2D eigenvalue weighted by atomic mass is 10.0. The average molecular weight is 222 g/mol. The number of hydrogen-bond donors (Lipinski definition) is 2. The van der Waals surface area contributed by atoms with E-state index in [2.05, 4.69) is 10.6 Å². The Hall–Kier alpha value is -1.29. The maximum atomic E-state index is 11.8. The molecule has 2 heterocycles. The zero-order valence-electron chi connectivity index (χ0n) is 9.58. The van der Waals surface area contributed by atoms with Crippen molar-refractivity contribution < 1.29 is 9.21 Å². The van der Waals surface area contributed by atoms with E-state index in [0.717, 1.165) is 30.9 Å². The van der Waals surface area contributed by atoms with Gasteiger partial charge >= 0.3 is 0 Å². The molecule has 4 nitrogen and oxygen atoms in total. The van der Waals surface area contributed by atoms with Gasteiger partial charge in [0.2, 0.25) is 5.91 Å². The van der Waals surface area contributed by atoms with Gasteiger partial charge in [-0.3, -0.25) is 4.79 Å². The van der Waals surface area contributed by atoms with Crippen LogP contribution in [0.1, 0.15) is 30.8 Å². The highest BCUT2D eigenvalue weighted by molar-refractivity contribution is 5.81. The van der Waals surface area contributed by atoms with Crippen LogP contribution in [0.2, 0.25) is 0 Å². The summed E-state index contributed by atoms with van der Waals surface area (Å²) in [7, 11) is 0. The monoisotopic (exact) mass is 222 g/mol. The second-order valence-electron chi connectivity index (χ2n) is 4.23. The van der Waals surface area contributed by atoms with E-state index >= 15 is 0 Å². The molecule has 88 valence electrons. The van der Waals surface area contributed by atoms with Crippen LogP contribution >= 0.6 is 0 Å². The summed E-state index contributed by atoms with van der Waals surface area (Å²) in [5.41, 5.74) is 0. The predicted molar refractivity (Wildman–Crippen MR) is 60.9 cm³/mol. The number of carbonyl (C=O) groups is 1. The molecule has 0 bridgehead atoms. The third-order valence-electron chi connectivity index (χ3n) is 2.86. The van der Waals surface area contributed by atoms with Crippen molar-refractivity contribution in [3.63, 3.8) is 0 Å². The van der Waals surface area contributed by atoms with E-state index < -0.39 is 0 Å². The second kappa shape index (κ2) is 5.16.